The van der Waals surface area contributed by atoms with Crippen molar-refractivity contribution in [1.29, 1.82) is 0 Å². The van der Waals surface area contributed by atoms with Gasteiger partial charge in [0.15, 0.2) is 11.5 Å². The van der Waals surface area contributed by atoms with Crippen LogP contribution in [0, 0.1) is 5.82 Å². The Bertz CT molecular complexity index is 874. The summed E-state index contributed by atoms with van der Waals surface area (Å²) in [4.78, 5) is 19.9. The summed E-state index contributed by atoms with van der Waals surface area (Å²) in [6, 6.07) is 1.84. The topological polar surface area (TPSA) is 85.1 Å². The molecule has 1 amide bonds. The quantitative estimate of drug-likeness (QED) is 0.781. The number of anilines is 1. The van der Waals surface area contributed by atoms with Crippen LogP contribution in [0.1, 0.15) is 41.9 Å². The molecule has 3 aromatic rings. The molecule has 0 saturated carbocycles. The van der Waals surface area contributed by atoms with Crippen molar-refractivity contribution in [3.05, 3.63) is 47.4 Å². The highest BCUT2D eigenvalue weighted by molar-refractivity contribution is 6.07. The third-order valence-electron chi connectivity index (χ3n) is 3.72. The van der Waals surface area contributed by atoms with E-state index in [-0.39, 0.29) is 11.9 Å². The van der Waals surface area contributed by atoms with Crippen LogP contribution in [0.15, 0.2) is 24.8 Å². The van der Waals surface area contributed by atoms with E-state index in [9.17, 15) is 9.18 Å². The van der Waals surface area contributed by atoms with E-state index in [1.165, 1.54) is 0 Å². The molecular formula is C16H17FN6O. The van der Waals surface area contributed by atoms with E-state index in [0.717, 1.165) is 42.9 Å². The van der Waals surface area contributed by atoms with Crippen LogP contribution in [-0.2, 0) is 12.8 Å². The molecule has 0 atom stereocenters. The van der Waals surface area contributed by atoms with Gasteiger partial charge in [-0.25, -0.2) is 14.4 Å². The third-order valence-corrected chi connectivity index (χ3v) is 3.72. The van der Waals surface area contributed by atoms with Gasteiger partial charge in [-0.05, 0) is 30.9 Å². The highest BCUT2D eigenvalue weighted by Gasteiger charge is 2.21. The van der Waals surface area contributed by atoms with Crippen LogP contribution in [0.5, 0.6) is 0 Å². The lowest BCUT2D eigenvalue weighted by atomic mass is 10.1. The molecule has 0 radical (unpaired) electrons. The number of amides is 1. The Morgan fingerprint density at radius 2 is 2.00 bits per heavy atom. The van der Waals surface area contributed by atoms with E-state index in [2.05, 4.69) is 25.5 Å². The zero-order valence-corrected chi connectivity index (χ0v) is 13.5. The minimum absolute atomic E-state index is 0.0459. The van der Waals surface area contributed by atoms with E-state index < -0.39 is 5.82 Å². The number of halogens is 1. The molecule has 0 unspecified atom stereocenters. The number of rotatable bonds is 2. The van der Waals surface area contributed by atoms with E-state index >= 15 is 0 Å². The maximum absolute atomic E-state index is 12.8. The maximum Gasteiger partial charge on any atom is 0.261 e. The number of nitrogens with zero attached hydrogens (tertiary/aromatic N) is 5. The fourth-order valence-electron chi connectivity index (χ4n) is 2.75. The van der Waals surface area contributed by atoms with Crippen LogP contribution in [0.4, 0.5) is 10.3 Å². The lowest BCUT2D eigenvalue weighted by Gasteiger charge is -2.08. The van der Waals surface area contributed by atoms with Crippen LogP contribution in [-0.4, -0.2) is 30.5 Å². The standard InChI is InChI=1S/C14H11FN6O.C2H6/c15-9-5-16-14(17-6-9)19-13(22)10-4-8-2-1-3-11(8)21-7-18-20-12(10)21;1-2/h4-7H,1-3H2,(H,16,17,19,22);1-2H3. The summed E-state index contributed by atoms with van der Waals surface area (Å²) in [5.74, 6) is -0.903. The van der Waals surface area contributed by atoms with Gasteiger partial charge in [-0.2, -0.15) is 0 Å². The molecule has 24 heavy (non-hydrogen) atoms. The van der Waals surface area contributed by atoms with Crippen LogP contribution in [0.3, 0.4) is 0 Å². The van der Waals surface area contributed by atoms with Gasteiger partial charge < -0.3 is 0 Å². The first-order chi connectivity index (χ1) is 11.7. The Hall–Kier alpha value is -2.90. The van der Waals surface area contributed by atoms with E-state index in [4.69, 9.17) is 0 Å². The first kappa shape index (κ1) is 16.0. The normalized spacial score (nSPS) is 12.5. The Morgan fingerprint density at radius 3 is 2.75 bits per heavy atom. The second-order valence-electron chi connectivity index (χ2n) is 5.09. The van der Waals surface area contributed by atoms with Crippen molar-refractivity contribution >= 4 is 17.5 Å². The second-order valence-corrected chi connectivity index (χ2v) is 5.09. The monoisotopic (exact) mass is 328 g/mol. The van der Waals surface area contributed by atoms with E-state index in [1.807, 2.05) is 24.3 Å². The van der Waals surface area contributed by atoms with Gasteiger partial charge in [-0.1, -0.05) is 13.8 Å². The first-order valence-electron chi connectivity index (χ1n) is 7.86. The van der Waals surface area contributed by atoms with Gasteiger partial charge in [0.05, 0.1) is 18.0 Å². The zero-order valence-electron chi connectivity index (χ0n) is 13.5. The SMILES string of the molecule is CC.O=C(Nc1ncc(F)cn1)c1cc2c(n3cnnc13)CCC2. The molecule has 8 heteroatoms. The molecule has 1 aliphatic rings. The molecule has 3 heterocycles. The van der Waals surface area contributed by atoms with Gasteiger partial charge in [0.2, 0.25) is 5.95 Å². The second kappa shape index (κ2) is 6.69. The zero-order chi connectivity index (χ0) is 17.1. The minimum Gasteiger partial charge on any atom is -0.290 e. The van der Waals surface area contributed by atoms with Gasteiger partial charge in [0, 0.05) is 5.69 Å². The summed E-state index contributed by atoms with van der Waals surface area (Å²) in [5.41, 5.74) is 3.18. The predicted molar refractivity (Wildman–Crippen MR) is 86.3 cm³/mol. The number of hydrogen-bond acceptors (Lipinski definition) is 5. The first-order valence-corrected chi connectivity index (χ1v) is 7.86. The van der Waals surface area contributed by atoms with Crippen molar-refractivity contribution in [3.8, 4) is 0 Å². The molecule has 0 fully saturated rings. The van der Waals surface area contributed by atoms with Gasteiger partial charge in [-0.15, -0.1) is 10.2 Å². The summed E-state index contributed by atoms with van der Waals surface area (Å²) in [6.07, 6.45) is 6.54. The summed E-state index contributed by atoms with van der Waals surface area (Å²) in [5, 5.41) is 10.5. The number of hydrogen-bond donors (Lipinski definition) is 1. The van der Waals surface area contributed by atoms with Crippen molar-refractivity contribution in [2.24, 2.45) is 0 Å². The van der Waals surface area contributed by atoms with Crippen LogP contribution in [0.25, 0.3) is 5.65 Å². The maximum atomic E-state index is 12.8. The fourth-order valence-corrected chi connectivity index (χ4v) is 2.75. The number of nitrogens with one attached hydrogen (secondary N) is 1. The molecule has 0 bridgehead atoms. The van der Waals surface area contributed by atoms with Crippen LogP contribution < -0.4 is 5.32 Å². The number of aryl methyl sites for hydroxylation is 2. The Balaban J connectivity index is 0.000000815. The molecule has 4 rings (SSSR count). The summed E-state index contributed by atoms with van der Waals surface area (Å²) >= 11 is 0. The molecule has 7 nitrogen and oxygen atoms in total. The van der Waals surface area contributed by atoms with Crippen molar-refractivity contribution in [2.45, 2.75) is 33.1 Å². The highest BCUT2D eigenvalue weighted by atomic mass is 19.1. The van der Waals surface area contributed by atoms with Crippen LogP contribution >= 0.6 is 0 Å². The lowest BCUT2D eigenvalue weighted by Crippen LogP contribution is -2.16. The molecule has 1 N–H and O–H groups in total. The molecule has 0 aliphatic heterocycles. The Morgan fingerprint density at radius 1 is 1.25 bits per heavy atom. The average molecular weight is 328 g/mol. The molecule has 3 aromatic heterocycles. The number of aromatic nitrogens is 5. The van der Waals surface area contributed by atoms with Crippen LogP contribution in [0.2, 0.25) is 0 Å². The molecular weight excluding hydrogens is 311 g/mol. The molecule has 1 aliphatic carbocycles. The summed E-state index contributed by atoms with van der Waals surface area (Å²) in [6.45, 7) is 4.00. The lowest BCUT2D eigenvalue weighted by molar-refractivity contribution is 0.102. The van der Waals surface area contributed by atoms with Gasteiger partial charge >= 0.3 is 0 Å². The summed E-state index contributed by atoms with van der Waals surface area (Å²) in [7, 11) is 0. The third kappa shape index (κ3) is 2.82. The highest BCUT2D eigenvalue weighted by Crippen LogP contribution is 2.25. The predicted octanol–water partition coefficient (Wildman–Crippen LogP) is 2.43. The number of carbonyl (C=O) groups excluding carboxylic acids is 1. The van der Waals surface area contributed by atoms with E-state index in [0.29, 0.717) is 11.2 Å². The molecule has 0 spiro atoms. The van der Waals surface area contributed by atoms with Gasteiger partial charge in [0.25, 0.3) is 5.91 Å². The number of carbonyl (C=O) groups is 1. The van der Waals surface area contributed by atoms with Crippen molar-refractivity contribution < 1.29 is 9.18 Å². The Kier molecular flexibility index (Phi) is 4.45. The van der Waals surface area contributed by atoms with Crippen molar-refractivity contribution in [3.63, 3.8) is 0 Å². The van der Waals surface area contributed by atoms with Gasteiger partial charge in [-0.3, -0.25) is 14.5 Å². The minimum atomic E-state index is -0.560. The average Bonchev–Trinajstić information content (AvgIpc) is 3.26. The van der Waals surface area contributed by atoms with Crippen molar-refractivity contribution in [2.75, 3.05) is 5.32 Å². The van der Waals surface area contributed by atoms with Crippen molar-refractivity contribution in [1.82, 2.24) is 24.6 Å². The fraction of sp³-hybridized carbons (Fsp3) is 0.312. The molecule has 0 saturated heterocycles. The smallest absolute Gasteiger partial charge is 0.261 e. The molecule has 0 aromatic carbocycles. The molecule has 124 valence electrons. The largest absolute Gasteiger partial charge is 0.290 e. The Labute approximate surface area is 138 Å². The van der Waals surface area contributed by atoms with Gasteiger partial charge in [0.1, 0.15) is 6.33 Å². The number of fused-ring (bicyclic) bond motifs is 3. The van der Waals surface area contributed by atoms with E-state index in [1.54, 1.807) is 6.33 Å². The number of pyridine rings is 1. The summed E-state index contributed by atoms with van der Waals surface area (Å²) < 4.78 is 14.7.